The number of hydrogen-bond donors (Lipinski definition) is 3. The van der Waals surface area contributed by atoms with Gasteiger partial charge in [0.2, 0.25) is 11.8 Å². The lowest BCUT2D eigenvalue weighted by Crippen LogP contribution is -2.40. The third-order valence-electron chi connectivity index (χ3n) is 2.28. The predicted octanol–water partition coefficient (Wildman–Crippen LogP) is 1.45. The zero-order valence-electron chi connectivity index (χ0n) is 10.4. The Kier molecular flexibility index (Phi) is 5.28. The van der Waals surface area contributed by atoms with E-state index in [1.54, 1.807) is 6.07 Å². The maximum absolute atomic E-state index is 11.8. The molecule has 0 heterocycles. The molecule has 0 bridgehead atoms. The zero-order chi connectivity index (χ0) is 14.6. The molecule has 1 rings (SSSR count). The van der Waals surface area contributed by atoms with E-state index < -0.39 is 17.9 Å². The molecule has 0 aromatic heterocycles. The first kappa shape index (κ1) is 15.4. The number of carbonyl (C=O) groups excluding carboxylic acids is 2. The molecule has 19 heavy (non-hydrogen) atoms. The first-order chi connectivity index (χ1) is 8.81. The van der Waals surface area contributed by atoms with Gasteiger partial charge in [0.1, 0.15) is 6.04 Å². The van der Waals surface area contributed by atoms with Crippen molar-refractivity contribution in [1.29, 1.82) is 0 Å². The second-order valence-electron chi connectivity index (χ2n) is 3.91. The van der Waals surface area contributed by atoms with E-state index in [1.807, 2.05) is 22.6 Å². The van der Waals surface area contributed by atoms with Crippen LogP contribution < -0.4 is 10.6 Å². The van der Waals surface area contributed by atoms with Crippen LogP contribution in [-0.4, -0.2) is 28.9 Å². The minimum atomic E-state index is -1.12. The molecule has 0 saturated heterocycles. The van der Waals surface area contributed by atoms with Gasteiger partial charge in [-0.25, -0.2) is 4.79 Å². The number of hydrogen-bond acceptors (Lipinski definition) is 3. The SMILES string of the molecule is CC(=O)NC(C)C(=O)Nc1ccc(I)cc1C(=O)O. The van der Waals surface area contributed by atoms with Crippen molar-refractivity contribution in [1.82, 2.24) is 5.32 Å². The number of anilines is 1. The van der Waals surface area contributed by atoms with Gasteiger partial charge in [0.25, 0.3) is 0 Å². The van der Waals surface area contributed by atoms with Crippen molar-refractivity contribution in [3.05, 3.63) is 27.3 Å². The number of carboxylic acids is 1. The highest BCUT2D eigenvalue weighted by Gasteiger charge is 2.17. The molecule has 0 aliphatic rings. The number of amides is 2. The molecule has 0 spiro atoms. The fraction of sp³-hybridized carbons (Fsp3) is 0.250. The van der Waals surface area contributed by atoms with Gasteiger partial charge in [0, 0.05) is 10.5 Å². The smallest absolute Gasteiger partial charge is 0.337 e. The van der Waals surface area contributed by atoms with Crippen LogP contribution in [0.4, 0.5) is 5.69 Å². The van der Waals surface area contributed by atoms with Crippen LogP contribution in [0.3, 0.4) is 0 Å². The molecule has 1 atom stereocenters. The summed E-state index contributed by atoms with van der Waals surface area (Å²) in [6, 6.07) is 3.93. The summed E-state index contributed by atoms with van der Waals surface area (Å²) in [5, 5.41) is 14.0. The van der Waals surface area contributed by atoms with Crippen molar-refractivity contribution >= 4 is 46.1 Å². The molecular formula is C12H13IN2O4. The predicted molar refractivity (Wildman–Crippen MR) is 78.0 cm³/mol. The van der Waals surface area contributed by atoms with Crippen LogP contribution in [-0.2, 0) is 9.59 Å². The van der Waals surface area contributed by atoms with E-state index in [4.69, 9.17) is 5.11 Å². The lowest BCUT2D eigenvalue weighted by molar-refractivity contribution is -0.124. The Labute approximate surface area is 123 Å². The molecule has 0 saturated carbocycles. The van der Waals surface area contributed by atoms with Crippen molar-refractivity contribution in [3.8, 4) is 0 Å². The summed E-state index contributed by atoms with van der Waals surface area (Å²) in [4.78, 5) is 33.7. The monoisotopic (exact) mass is 376 g/mol. The summed E-state index contributed by atoms with van der Waals surface area (Å²) in [7, 11) is 0. The third-order valence-corrected chi connectivity index (χ3v) is 2.95. The average molecular weight is 376 g/mol. The fourth-order valence-corrected chi connectivity index (χ4v) is 1.91. The van der Waals surface area contributed by atoms with E-state index in [0.29, 0.717) is 0 Å². The van der Waals surface area contributed by atoms with E-state index in [1.165, 1.54) is 26.0 Å². The lowest BCUT2D eigenvalue weighted by atomic mass is 10.1. The van der Waals surface area contributed by atoms with Crippen LogP contribution in [0.5, 0.6) is 0 Å². The Morgan fingerprint density at radius 3 is 2.47 bits per heavy atom. The molecule has 3 N–H and O–H groups in total. The topological polar surface area (TPSA) is 95.5 Å². The number of benzene rings is 1. The molecule has 1 unspecified atom stereocenters. The molecule has 1 aromatic rings. The van der Waals surface area contributed by atoms with Gasteiger partial charge in [-0.3, -0.25) is 9.59 Å². The quantitative estimate of drug-likeness (QED) is 0.694. The van der Waals surface area contributed by atoms with Crippen LogP contribution in [0.1, 0.15) is 24.2 Å². The van der Waals surface area contributed by atoms with Gasteiger partial charge < -0.3 is 15.7 Å². The molecule has 0 fully saturated rings. The summed E-state index contributed by atoms with van der Waals surface area (Å²) in [6.07, 6.45) is 0. The van der Waals surface area contributed by atoms with Gasteiger partial charge in [-0.1, -0.05) is 0 Å². The molecule has 1 aromatic carbocycles. The van der Waals surface area contributed by atoms with Gasteiger partial charge in [-0.05, 0) is 47.7 Å². The van der Waals surface area contributed by atoms with Gasteiger partial charge in [0.05, 0.1) is 11.3 Å². The van der Waals surface area contributed by atoms with Gasteiger partial charge >= 0.3 is 5.97 Å². The highest BCUT2D eigenvalue weighted by atomic mass is 127. The second kappa shape index (κ2) is 6.50. The second-order valence-corrected chi connectivity index (χ2v) is 5.15. The van der Waals surface area contributed by atoms with Crippen LogP contribution >= 0.6 is 22.6 Å². The van der Waals surface area contributed by atoms with E-state index in [-0.39, 0.29) is 17.2 Å². The largest absolute Gasteiger partial charge is 0.478 e. The van der Waals surface area contributed by atoms with Gasteiger partial charge in [-0.15, -0.1) is 0 Å². The average Bonchev–Trinajstić information content (AvgIpc) is 2.30. The normalized spacial score (nSPS) is 11.5. The number of nitrogens with one attached hydrogen (secondary N) is 2. The summed E-state index contributed by atoms with van der Waals surface area (Å²) in [5.74, 6) is -1.93. The Balaban J connectivity index is 2.90. The Morgan fingerprint density at radius 1 is 1.32 bits per heavy atom. The molecule has 102 valence electrons. The number of halogens is 1. The van der Waals surface area contributed by atoms with Crippen LogP contribution in [0.25, 0.3) is 0 Å². The molecule has 0 aliphatic carbocycles. The third kappa shape index (κ3) is 4.51. The number of carboxylic acid groups (broad SMARTS) is 1. The fourth-order valence-electron chi connectivity index (χ4n) is 1.41. The van der Waals surface area contributed by atoms with Crippen molar-refractivity contribution in [3.63, 3.8) is 0 Å². The highest BCUT2D eigenvalue weighted by molar-refractivity contribution is 14.1. The van der Waals surface area contributed by atoms with Crippen molar-refractivity contribution in [2.24, 2.45) is 0 Å². The maximum atomic E-state index is 11.8. The van der Waals surface area contributed by atoms with Crippen molar-refractivity contribution in [2.75, 3.05) is 5.32 Å². The van der Waals surface area contributed by atoms with Crippen LogP contribution in [0.2, 0.25) is 0 Å². The molecular weight excluding hydrogens is 363 g/mol. The lowest BCUT2D eigenvalue weighted by Gasteiger charge is -2.14. The maximum Gasteiger partial charge on any atom is 0.337 e. The summed E-state index contributed by atoms with van der Waals surface area (Å²) in [5.41, 5.74) is 0.213. The first-order valence-corrected chi connectivity index (χ1v) is 6.50. The van der Waals surface area contributed by atoms with Crippen molar-refractivity contribution in [2.45, 2.75) is 19.9 Å². The Bertz CT molecular complexity index is 530. The molecule has 2 amide bonds. The highest BCUT2D eigenvalue weighted by Crippen LogP contribution is 2.19. The van der Waals surface area contributed by atoms with E-state index in [9.17, 15) is 14.4 Å². The van der Waals surface area contributed by atoms with Crippen LogP contribution in [0, 0.1) is 3.57 Å². The minimum Gasteiger partial charge on any atom is -0.478 e. The van der Waals surface area contributed by atoms with Gasteiger partial charge in [-0.2, -0.15) is 0 Å². The molecule has 6 nitrogen and oxygen atoms in total. The van der Waals surface area contributed by atoms with E-state index in [0.717, 1.165) is 3.57 Å². The van der Waals surface area contributed by atoms with Crippen LogP contribution in [0.15, 0.2) is 18.2 Å². The van der Waals surface area contributed by atoms with Gasteiger partial charge in [0.15, 0.2) is 0 Å². The number of carbonyl (C=O) groups is 3. The van der Waals surface area contributed by atoms with E-state index in [2.05, 4.69) is 10.6 Å². The van der Waals surface area contributed by atoms with E-state index >= 15 is 0 Å². The molecule has 7 heteroatoms. The first-order valence-electron chi connectivity index (χ1n) is 5.42. The Morgan fingerprint density at radius 2 is 1.95 bits per heavy atom. The summed E-state index contributed by atoms with van der Waals surface area (Å²) in [6.45, 7) is 2.82. The minimum absolute atomic E-state index is 0.00951. The molecule has 0 aliphatic heterocycles. The standard InChI is InChI=1S/C12H13IN2O4/c1-6(14-7(2)16)11(17)15-10-4-3-8(13)5-9(10)12(18)19/h3-6H,1-2H3,(H,14,16)(H,15,17)(H,18,19). The zero-order valence-corrected chi connectivity index (χ0v) is 12.5. The number of aromatic carboxylic acids is 1. The number of rotatable bonds is 4. The Hall–Kier alpha value is -1.64. The summed E-state index contributed by atoms with van der Waals surface area (Å²) < 4.78 is 0.753. The van der Waals surface area contributed by atoms with Crippen molar-refractivity contribution < 1.29 is 19.5 Å². The molecule has 0 radical (unpaired) electrons. The summed E-state index contributed by atoms with van der Waals surface area (Å²) >= 11 is 1.99.